The van der Waals surface area contributed by atoms with Gasteiger partial charge in [0.05, 0.1) is 42.3 Å². The van der Waals surface area contributed by atoms with Gasteiger partial charge in [-0.3, -0.25) is 48.8 Å². The highest BCUT2D eigenvalue weighted by atomic mass is 16.4. The number of carbonyl (C=O) groups excluding carboxylic acids is 1. The van der Waals surface area contributed by atoms with Gasteiger partial charge in [-0.05, 0) is 49.2 Å². The molecule has 3 aromatic heterocycles. The molecule has 2 unspecified atom stereocenters. The molecule has 47 heavy (non-hydrogen) atoms. The van der Waals surface area contributed by atoms with Crippen LogP contribution in [0.2, 0.25) is 0 Å². The number of pyridine rings is 3. The normalized spacial score (nSPS) is 16.3. The Labute approximate surface area is 273 Å². The fraction of sp³-hybridized carbons (Fsp3) is 0.424. The largest absolute Gasteiger partial charge is 0.480 e. The molecule has 1 saturated carbocycles. The number of amides is 1. The number of aromatic nitrogens is 3. The monoisotopic (exact) mass is 647 g/mol. The van der Waals surface area contributed by atoms with Crippen molar-refractivity contribution in [2.45, 2.75) is 57.4 Å². The van der Waals surface area contributed by atoms with Crippen molar-refractivity contribution in [1.82, 2.24) is 35.0 Å². The number of rotatable bonds is 18. The van der Waals surface area contributed by atoms with Crippen molar-refractivity contribution < 1.29 is 34.5 Å². The second kappa shape index (κ2) is 17.8. The van der Waals surface area contributed by atoms with Crippen LogP contribution in [0.4, 0.5) is 0 Å². The van der Waals surface area contributed by atoms with E-state index in [0.717, 1.165) is 24.2 Å². The summed E-state index contributed by atoms with van der Waals surface area (Å²) in [6.45, 7) is 0.995. The quantitative estimate of drug-likeness (QED) is 0.157. The molecule has 1 amide bonds. The molecule has 0 aromatic carbocycles. The van der Waals surface area contributed by atoms with Gasteiger partial charge in [0.1, 0.15) is 0 Å². The first-order valence-electron chi connectivity index (χ1n) is 15.6. The van der Waals surface area contributed by atoms with E-state index in [4.69, 9.17) is 0 Å². The third-order valence-corrected chi connectivity index (χ3v) is 8.04. The molecule has 0 radical (unpaired) electrons. The Balaban J connectivity index is 1.38. The third-order valence-electron chi connectivity index (χ3n) is 8.04. The molecule has 0 bridgehead atoms. The van der Waals surface area contributed by atoms with E-state index in [2.05, 4.69) is 25.2 Å². The summed E-state index contributed by atoms with van der Waals surface area (Å²) in [5.74, 6) is -3.66. The molecule has 1 aliphatic rings. The highest BCUT2D eigenvalue weighted by Crippen LogP contribution is 2.28. The molecule has 14 heteroatoms. The summed E-state index contributed by atoms with van der Waals surface area (Å²) in [6.07, 6.45) is 7.66. The fourth-order valence-electron chi connectivity index (χ4n) is 5.99. The first kappa shape index (κ1) is 35.1. The maximum Gasteiger partial charge on any atom is 0.317 e. The van der Waals surface area contributed by atoms with Crippen LogP contribution in [0, 0.1) is 0 Å². The second-order valence-corrected chi connectivity index (χ2v) is 11.6. The summed E-state index contributed by atoms with van der Waals surface area (Å²) in [4.78, 5) is 66.4. The zero-order valence-corrected chi connectivity index (χ0v) is 26.1. The lowest BCUT2D eigenvalue weighted by molar-refractivity contribution is -0.146. The lowest BCUT2D eigenvalue weighted by atomic mass is 9.87. The Bertz CT molecular complexity index is 1400. The fourth-order valence-corrected chi connectivity index (χ4v) is 5.99. The SMILES string of the molecule is O=C(O)CN(CC(=O)O)C1CCCCC1N(CC(=O)O)Cc1ccc(C(=O)NCCN(Cc2ccccn2)Cc2ccccn2)cn1. The number of nitrogens with zero attached hydrogens (tertiary/aromatic N) is 6. The summed E-state index contributed by atoms with van der Waals surface area (Å²) < 4.78 is 0. The standard InChI is InChI=1S/C33H41N7O7/c41-30(42)21-39(28-9-1-2-10-29(28)40(22-31(43)44)23-32(45)46)20-27-12-11-24(17-37-27)33(47)36-15-16-38(18-25-7-3-5-13-34-25)19-26-8-4-6-14-35-26/h3-8,11-14,17,28-29H,1-2,9-10,15-16,18-23H2,(H,36,47)(H,41,42)(H,43,44)(H,45,46). The Morgan fingerprint density at radius 1 is 0.681 bits per heavy atom. The van der Waals surface area contributed by atoms with E-state index in [1.54, 1.807) is 29.4 Å². The summed E-state index contributed by atoms with van der Waals surface area (Å²) in [5, 5.41) is 31.4. The molecule has 14 nitrogen and oxygen atoms in total. The van der Waals surface area contributed by atoms with Crippen LogP contribution in [0.15, 0.2) is 67.1 Å². The molecule has 0 spiro atoms. The van der Waals surface area contributed by atoms with E-state index in [0.29, 0.717) is 50.3 Å². The molecule has 4 rings (SSSR count). The molecule has 1 fully saturated rings. The first-order chi connectivity index (χ1) is 22.7. The topological polar surface area (TPSA) is 189 Å². The minimum Gasteiger partial charge on any atom is -0.480 e. The number of hydrogen-bond donors (Lipinski definition) is 4. The number of carbonyl (C=O) groups is 4. The molecule has 2 atom stereocenters. The van der Waals surface area contributed by atoms with Crippen molar-refractivity contribution >= 4 is 23.8 Å². The van der Waals surface area contributed by atoms with Gasteiger partial charge in [-0.1, -0.05) is 25.0 Å². The van der Waals surface area contributed by atoms with E-state index < -0.39 is 37.0 Å². The minimum absolute atomic E-state index is 0.138. The molecule has 1 aliphatic carbocycles. The predicted octanol–water partition coefficient (Wildman–Crippen LogP) is 1.97. The number of nitrogens with one attached hydrogen (secondary N) is 1. The maximum absolute atomic E-state index is 13.0. The summed E-state index contributed by atoms with van der Waals surface area (Å²) in [6, 6.07) is 14.0. The highest BCUT2D eigenvalue weighted by molar-refractivity contribution is 5.93. The summed E-state index contributed by atoms with van der Waals surface area (Å²) >= 11 is 0. The van der Waals surface area contributed by atoms with Crippen LogP contribution in [0.5, 0.6) is 0 Å². The summed E-state index contributed by atoms with van der Waals surface area (Å²) in [5.41, 5.74) is 2.70. The van der Waals surface area contributed by atoms with Crippen LogP contribution in [0.1, 0.15) is 53.1 Å². The van der Waals surface area contributed by atoms with Gasteiger partial charge in [0.25, 0.3) is 5.91 Å². The number of hydrogen-bond acceptors (Lipinski definition) is 10. The van der Waals surface area contributed by atoms with Crippen LogP contribution in [0.3, 0.4) is 0 Å². The van der Waals surface area contributed by atoms with E-state index in [1.807, 2.05) is 36.4 Å². The van der Waals surface area contributed by atoms with Crippen molar-refractivity contribution in [2.75, 3.05) is 32.7 Å². The predicted molar refractivity (Wildman–Crippen MR) is 170 cm³/mol. The number of carboxylic acids is 3. The van der Waals surface area contributed by atoms with Crippen molar-refractivity contribution in [3.63, 3.8) is 0 Å². The van der Waals surface area contributed by atoms with Crippen LogP contribution in [-0.4, -0.2) is 114 Å². The van der Waals surface area contributed by atoms with Crippen LogP contribution >= 0.6 is 0 Å². The minimum atomic E-state index is -1.15. The Morgan fingerprint density at radius 3 is 1.70 bits per heavy atom. The average molecular weight is 648 g/mol. The van der Waals surface area contributed by atoms with Gasteiger partial charge in [0.2, 0.25) is 0 Å². The first-order valence-corrected chi connectivity index (χ1v) is 15.6. The lowest BCUT2D eigenvalue weighted by Crippen LogP contribution is -2.56. The van der Waals surface area contributed by atoms with Crippen LogP contribution in [0.25, 0.3) is 0 Å². The number of carboxylic acid groups (broad SMARTS) is 3. The van der Waals surface area contributed by atoms with E-state index in [1.165, 1.54) is 11.1 Å². The van der Waals surface area contributed by atoms with Gasteiger partial charge in [0.15, 0.2) is 0 Å². The van der Waals surface area contributed by atoms with E-state index in [9.17, 15) is 34.5 Å². The van der Waals surface area contributed by atoms with Gasteiger partial charge >= 0.3 is 17.9 Å². The molecule has 250 valence electrons. The lowest BCUT2D eigenvalue weighted by Gasteiger charge is -2.43. The molecule has 4 N–H and O–H groups in total. The van der Waals surface area contributed by atoms with Crippen molar-refractivity contribution in [3.8, 4) is 0 Å². The summed E-state index contributed by atoms with van der Waals surface area (Å²) in [7, 11) is 0. The smallest absolute Gasteiger partial charge is 0.317 e. The molecular formula is C33H41N7O7. The van der Waals surface area contributed by atoms with Crippen molar-refractivity contribution in [3.05, 3.63) is 89.8 Å². The number of aliphatic carboxylic acids is 3. The Hall–Kier alpha value is -4.79. The average Bonchev–Trinajstić information content (AvgIpc) is 3.05. The van der Waals surface area contributed by atoms with Gasteiger partial charge in [-0.2, -0.15) is 0 Å². The van der Waals surface area contributed by atoms with Crippen molar-refractivity contribution in [1.29, 1.82) is 0 Å². The van der Waals surface area contributed by atoms with Gasteiger partial charge < -0.3 is 20.6 Å². The Morgan fingerprint density at radius 2 is 1.21 bits per heavy atom. The Kier molecular flexibility index (Phi) is 13.3. The molecule has 0 aliphatic heterocycles. The second-order valence-electron chi connectivity index (χ2n) is 11.6. The third kappa shape index (κ3) is 11.5. The van der Waals surface area contributed by atoms with Crippen LogP contribution in [-0.2, 0) is 34.0 Å². The van der Waals surface area contributed by atoms with Crippen LogP contribution < -0.4 is 5.32 Å². The van der Waals surface area contributed by atoms with Crippen molar-refractivity contribution in [2.24, 2.45) is 0 Å². The zero-order chi connectivity index (χ0) is 33.6. The van der Waals surface area contributed by atoms with E-state index >= 15 is 0 Å². The van der Waals surface area contributed by atoms with Gasteiger partial charge in [-0.15, -0.1) is 0 Å². The van der Waals surface area contributed by atoms with E-state index in [-0.39, 0.29) is 25.0 Å². The highest BCUT2D eigenvalue weighted by Gasteiger charge is 2.36. The molecule has 0 saturated heterocycles. The molecular weight excluding hydrogens is 606 g/mol. The zero-order valence-electron chi connectivity index (χ0n) is 26.1. The molecule has 3 heterocycles. The molecule has 3 aromatic rings. The van der Waals surface area contributed by atoms with Gasteiger partial charge in [0, 0.05) is 63.4 Å². The maximum atomic E-state index is 13.0. The van der Waals surface area contributed by atoms with Gasteiger partial charge in [-0.25, -0.2) is 0 Å².